The lowest BCUT2D eigenvalue weighted by molar-refractivity contribution is -0.127. The summed E-state index contributed by atoms with van der Waals surface area (Å²) >= 11 is 0. The van der Waals surface area contributed by atoms with Crippen LogP contribution in [0.1, 0.15) is 19.4 Å². The zero-order valence-electron chi connectivity index (χ0n) is 11.7. The van der Waals surface area contributed by atoms with Gasteiger partial charge in [-0.15, -0.1) is 0 Å². The van der Waals surface area contributed by atoms with E-state index in [2.05, 4.69) is 5.32 Å². The number of amides is 1. The summed E-state index contributed by atoms with van der Waals surface area (Å²) in [5.41, 5.74) is 8.01. The number of hydrogen-bond donors (Lipinski definition) is 2. The van der Waals surface area contributed by atoms with Crippen LogP contribution in [0.4, 0.5) is 11.4 Å². The topological polar surface area (TPSA) is 73.6 Å². The monoisotopic (exact) mass is 266 g/mol. The van der Waals surface area contributed by atoms with Crippen LogP contribution in [0, 0.1) is 6.92 Å². The van der Waals surface area contributed by atoms with Crippen molar-refractivity contribution < 1.29 is 14.3 Å². The van der Waals surface area contributed by atoms with Crippen LogP contribution in [-0.4, -0.2) is 31.8 Å². The Balaban J connectivity index is 2.47. The molecule has 0 saturated heterocycles. The summed E-state index contributed by atoms with van der Waals surface area (Å²) in [6.45, 7) is 7.03. The highest BCUT2D eigenvalue weighted by atomic mass is 16.5. The van der Waals surface area contributed by atoms with E-state index in [0.29, 0.717) is 31.2 Å². The van der Waals surface area contributed by atoms with Crippen molar-refractivity contribution in [3.63, 3.8) is 0 Å². The maximum atomic E-state index is 11.9. The second kappa shape index (κ2) is 7.76. The zero-order chi connectivity index (χ0) is 14.3. The lowest BCUT2D eigenvalue weighted by Crippen LogP contribution is -2.29. The molecule has 1 rings (SSSR count). The molecular formula is C14H22N2O3. The fourth-order valence-corrected chi connectivity index (χ4v) is 1.53. The molecule has 1 aromatic carbocycles. The van der Waals surface area contributed by atoms with Crippen molar-refractivity contribution in [2.75, 3.05) is 30.9 Å². The first-order valence-corrected chi connectivity index (χ1v) is 6.41. The molecule has 19 heavy (non-hydrogen) atoms. The van der Waals surface area contributed by atoms with E-state index >= 15 is 0 Å². The molecule has 1 atom stereocenters. The normalized spacial score (nSPS) is 12.2. The first-order valence-electron chi connectivity index (χ1n) is 6.41. The van der Waals surface area contributed by atoms with Crippen molar-refractivity contribution in [1.29, 1.82) is 0 Å². The number of hydrogen-bond acceptors (Lipinski definition) is 4. The molecule has 0 fully saturated rings. The largest absolute Gasteiger partial charge is 0.398 e. The summed E-state index contributed by atoms with van der Waals surface area (Å²) in [6, 6.07) is 5.42. The zero-order valence-corrected chi connectivity index (χ0v) is 11.7. The number of benzene rings is 1. The Morgan fingerprint density at radius 1 is 1.42 bits per heavy atom. The van der Waals surface area contributed by atoms with E-state index in [4.69, 9.17) is 15.2 Å². The Labute approximate surface area is 114 Å². The fourth-order valence-electron chi connectivity index (χ4n) is 1.53. The quantitative estimate of drug-likeness (QED) is 0.584. The number of carbonyl (C=O) groups excluding carboxylic acids is 1. The minimum Gasteiger partial charge on any atom is -0.398 e. The number of nitrogens with one attached hydrogen (secondary N) is 1. The van der Waals surface area contributed by atoms with Crippen molar-refractivity contribution in [2.45, 2.75) is 26.9 Å². The van der Waals surface area contributed by atoms with Gasteiger partial charge in [0.2, 0.25) is 0 Å². The van der Waals surface area contributed by atoms with E-state index < -0.39 is 6.10 Å². The van der Waals surface area contributed by atoms with E-state index in [1.807, 2.05) is 19.9 Å². The SMILES string of the molecule is CCOCCOC(C)C(=O)Nc1cccc(N)c1C. The van der Waals surface area contributed by atoms with Gasteiger partial charge in [0.05, 0.1) is 13.2 Å². The highest BCUT2D eigenvalue weighted by Gasteiger charge is 2.14. The molecule has 0 aliphatic heterocycles. The van der Waals surface area contributed by atoms with Gasteiger partial charge < -0.3 is 20.5 Å². The van der Waals surface area contributed by atoms with Crippen LogP contribution in [0.2, 0.25) is 0 Å². The van der Waals surface area contributed by atoms with Crippen molar-refractivity contribution in [3.05, 3.63) is 23.8 Å². The summed E-state index contributed by atoms with van der Waals surface area (Å²) in [6.07, 6.45) is -0.527. The second-order valence-electron chi connectivity index (χ2n) is 4.22. The minimum atomic E-state index is -0.527. The van der Waals surface area contributed by atoms with E-state index in [1.54, 1.807) is 19.1 Å². The summed E-state index contributed by atoms with van der Waals surface area (Å²) < 4.78 is 10.5. The molecule has 0 aromatic heterocycles. The second-order valence-corrected chi connectivity index (χ2v) is 4.22. The standard InChI is InChI=1S/C14H22N2O3/c1-4-18-8-9-19-11(3)14(17)16-13-7-5-6-12(15)10(13)2/h5-7,11H,4,8-9,15H2,1-3H3,(H,16,17). The molecule has 1 amide bonds. The van der Waals surface area contributed by atoms with Gasteiger partial charge >= 0.3 is 0 Å². The number of carbonyl (C=O) groups is 1. The summed E-state index contributed by atoms with van der Waals surface area (Å²) in [5.74, 6) is -0.190. The third-order valence-electron chi connectivity index (χ3n) is 2.80. The van der Waals surface area contributed by atoms with Gasteiger partial charge in [-0.25, -0.2) is 0 Å². The molecule has 5 heteroatoms. The number of rotatable bonds is 7. The highest BCUT2D eigenvalue weighted by Crippen LogP contribution is 2.20. The Morgan fingerprint density at radius 3 is 2.84 bits per heavy atom. The van der Waals surface area contributed by atoms with Crippen LogP contribution < -0.4 is 11.1 Å². The van der Waals surface area contributed by atoms with Crippen molar-refractivity contribution in [1.82, 2.24) is 0 Å². The molecule has 5 nitrogen and oxygen atoms in total. The molecule has 106 valence electrons. The van der Waals surface area contributed by atoms with Crippen molar-refractivity contribution in [3.8, 4) is 0 Å². The lowest BCUT2D eigenvalue weighted by Gasteiger charge is -2.15. The van der Waals surface area contributed by atoms with Crippen molar-refractivity contribution >= 4 is 17.3 Å². The van der Waals surface area contributed by atoms with Gasteiger partial charge in [0.15, 0.2) is 0 Å². The Kier molecular flexibility index (Phi) is 6.32. The number of nitrogens with two attached hydrogens (primary N) is 1. The maximum absolute atomic E-state index is 11.9. The average molecular weight is 266 g/mol. The van der Waals surface area contributed by atoms with E-state index in [9.17, 15) is 4.79 Å². The third-order valence-corrected chi connectivity index (χ3v) is 2.80. The maximum Gasteiger partial charge on any atom is 0.253 e. The molecule has 0 saturated carbocycles. The molecular weight excluding hydrogens is 244 g/mol. The van der Waals surface area contributed by atoms with E-state index in [-0.39, 0.29) is 5.91 Å². The van der Waals surface area contributed by atoms with E-state index in [1.165, 1.54) is 0 Å². The van der Waals surface area contributed by atoms with Crippen LogP contribution in [-0.2, 0) is 14.3 Å². The Bertz CT molecular complexity index is 421. The predicted molar refractivity (Wildman–Crippen MR) is 76.1 cm³/mol. The van der Waals surface area contributed by atoms with Crippen molar-refractivity contribution in [2.24, 2.45) is 0 Å². The average Bonchev–Trinajstić information content (AvgIpc) is 2.39. The van der Waals surface area contributed by atoms with Gasteiger partial charge in [-0.2, -0.15) is 0 Å². The van der Waals surface area contributed by atoms with Gasteiger partial charge in [-0.05, 0) is 38.5 Å². The molecule has 0 radical (unpaired) electrons. The Morgan fingerprint density at radius 2 is 2.16 bits per heavy atom. The van der Waals surface area contributed by atoms with Crippen LogP contribution in [0.25, 0.3) is 0 Å². The lowest BCUT2D eigenvalue weighted by atomic mass is 10.1. The molecule has 0 aliphatic carbocycles. The minimum absolute atomic E-state index is 0.190. The molecule has 0 spiro atoms. The Hall–Kier alpha value is -1.59. The summed E-state index contributed by atoms with van der Waals surface area (Å²) in [5, 5.41) is 2.81. The predicted octanol–water partition coefficient (Wildman–Crippen LogP) is 1.96. The van der Waals surface area contributed by atoms with Gasteiger partial charge in [-0.1, -0.05) is 6.07 Å². The molecule has 0 bridgehead atoms. The first kappa shape index (κ1) is 15.5. The summed E-state index contributed by atoms with van der Waals surface area (Å²) in [4.78, 5) is 11.9. The molecule has 1 unspecified atom stereocenters. The van der Waals surface area contributed by atoms with Gasteiger partial charge in [0.1, 0.15) is 6.10 Å². The van der Waals surface area contributed by atoms with Crippen LogP contribution in [0.3, 0.4) is 0 Å². The number of nitrogen functional groups attached to an aromatic ring is 1. The summed E-state index contributed by atoms with van der Waals surface area (Å²) in [7, 11) is 0. The van der Waals surface area contributed by atoms with Gasteiger partial charge in [-0.3, -0.25) is 4.79 Å². The molecule has 0 heterocycles. The van der Waals surface area contributed by atoms with Crippen LogP contribution in [0.15, 0.2) is 18.2 Å². The fraction of sp³-hybridized carbons (Fsp3) is 0.500. The molecule has 3 N–H and O–H groups in total. The third kappa shape index (κ3) is 4.89. The number of ether oxygens (including phenoxy) is 2. The molecule has 1 aromatic rings. The number of anilines is 2. The highest BCUT2D eigenvalue weighted by molar-refractivity contribution is 5.95. The van der Waals surface area contributed by atoms with E-state index in [0.717, 1.165) is 5.56 Å². The smallest absolute Gasteiger partial charge is 0.253 e. The van der Waals surface area contributed by atoms with Gasteiger partial charge in [0, 0.05) is 18.0 Å². The van der Waals surface area contributed by atoms with Gasteiger partial charge in [0.25, 0.3) is 5.91 Å². The van der Waals surface area contributed by atoms with Crippen LogP contribution in [0.5, 0.6) is 0 Å². The first-order chi connectivity index (χ1) is 9.06. The molecule has 0 aliphatic rings. The van der Waals surface area contributed by atoms with Crippen LogP contribution >= 0.6 is 0 Å².